The number of carbonyl (C=O) groups is 2. The molecule has 0 radical (unpaired) electrons. The van der Waals surface area contributed by atoms with Crippen molar-refractivity contribution in [2.75, 3.05) is 39.4 Å². The van der Waals surface area contributed by atoms with Crippen LogP contribution in [0.2, 0.25) is 0 Å². The Morgan fingerprint density at radius 2 is 1.52 bits per heavy atom. The monoisotopic (exact) mass is 414 g/mol. The number of carbonyl (C=O) groups excluding carboxylic acids is 2. The van der Waals surface area contributed by atoms with Gasteiger partial charge in [-0.25, -0.2) is 0 Å². The molecule has 1 aliphatic rings. The van der Waals surface area contributed by atoms with Crippen LogP contribution in [0.5, 0.6) is 11.5 Å². The topological polar surface area (TPSA) is 59.1 Å². The molecule has 0 unspecified atom stereocenters. The van der Waals surface area contributed by atoms with Crippen LogP contribution in [0.25, 0.3) is 0 Å². The lowest BCUT2D eigenvalue weighted by molar-refractivity contribution is -0.133. The molecule has 1 saturated heterocycles. The maximum atomic E-state index is 12.8. The summed E-state index contributed by atoms with van der Waals surface area (Å²) in [6, 6.07) is 14.6. The predicted molar refractivity (Wildman–Crippen MR) is 114 cm³/mol. The normalized spacial score (nSPS) is 14.3. The van der Waals surface area contributed by atoms with Crippen LogP contribution < -0.4 is 9.47 Å². The van der Waals surface area contributed by atoms with Gasteiger partial charge in [0.1, 0.15) is 0 Å². The minimum Gasteiger partial charge on any atom is -0.490 e. The Morgan fingerprint density at radius 3 is 2.24 bits per heavy atom. The molecule has 0 aromatic heterocycles. The minimum atomic E-state index is -0.0970. The molecule has 1 fully saturated rings. The van der Waals surface area contributed by atoms with Gasteiger partial charge in [0, 0.05) is 31.1 Å². The van der Waals surface area contributed by atoms with E-state index in [0.717, 1.165) is 6.42 Å². The van der Waals surface area contributed by atoms with Crippen molar-refractivity contribution in [1.29, 1.82) is 0 Å². The fourth-order valence-electron chi connectivity index (χ4n) is 3.27. The Labute approximate surface area is 176 Å². The lowest BCUT2D eigenvalue weighted by atomic mass is 10.2. The Balaban J connectivity index is 1.56. The van der Waals surface area contributed by atoms with Gasteiger partial charge in [-0.1, -0.05) is 24.3 Å². The summed E-state index contributed by atoms with van der Waals surface area (Å²) >= 11 is 4.38. The first-order valence-corrected chi connectivity index (χ1v) is 10.2. The molecule has 0 bridgehead atoms. The van der Waals surface area contributed by atoms with Gasteiger partial charge in [0.15, 0.2) is 18.1 Å². The maximum Gasteiger partial charge on any atom is 0.260 e. The van der Waals surface area contributed by atoms with Crippen LogP contribution in [0.1, 0.15) is 23.7 Å². The molecule has 29 heavy (non-hydrogen) atoms. The molecule has 2 aromatic carbocycles. The second-order valence-electron chi connectivity index (χ2n) is 6.71. The number of hydrogen-bond acceptors (Lipinski definition) is 5. The summed E-state index contributed by atoms with van der Waals surface area (Å²) in [6.45, 7) is 4.55. The second kappa shape index (κ2) is 10.2. The fraction of sp³-hybridized carbons (Fsp3) is 0.364. The first kappa shape index (κ1) is 21.0. The van der Waals surface area contributed by atoms with Crippen molar-refractivity contribution in [3.05, 3.63) is 54.1 Å². The van der Waals surface area contributed by atoms with Crippen LogP contribution in [0.15, 0.2) is 53.4 Å². The summed E-state index contributed by atoms with van der Waals surface area (Å²) in [5.74, 6) is 1.03. The molecule has 0 N–H and O–H groups in total. The predicted octanol–water partition coefficient (Wildman–Crippen LogP) is 3.13. The Morgan fingerprint density at radius 1 is 0.897 bits per heavy atom. The highest BCUT2D eigenvalue weighted by atomic mass is 32.1. The summed E-state index contributed by atoms with van der Waals surface area (Å²) in [5, 5.41) is 0. The molecule has 0 saturated carbocycles. The van der Waals surface area contributed by atoms with Crippen molar-refractivity contribution in [3.8, 4) is 11.5 Å². The van der Waals surface area contributed by atoms with Gasteiger partial charge < -0.3 is 19.3 Å². The molecule has 1 heterocycles. The highest BCUT2D eigenvalue weighted by molar-refractivity contribution is 7.80. The lowest BCUT2D eigenvalue weighted by Crippen LogP contribution is -2.39. The van der Waals surface area contributed by atoms with Gasteiger partial charge in [0.2, 0.25) is 0 Å². The number of para-hydroxylation sites is 2. The first-order valence-electron chi connectivity index (χ1n) is 9.79. The summed E-state index contributed by atoms with van der Waals surface area (Å²) in [7, 11) is 0. The molecule has 154 valence electrons. The van der Waals surface area contributed by atoms with Gasteiger partial charge in [0.25, 0.3) is 11.8 Å². The number of hydrogen-bond donors (Lipinski definition) is 1. The highest BCUT2D eigenvalue weighted by Gasteiger charge is 2.24. The number of nitrogens with zero attached hydrogens (tertiary/aromatic N) is 2. The van der Waals surface area contributed by atoms with Crippen molar-refractivity contribution in [3.63, 3.8) is 0 Å². The molecular formula is C22H26N2O4S. The number of thiol groups is 1. The Hall–Kier alpha value is -2.67. The van der Waals surface area contributed by atoms with E-state index in [-0.39, 0.29) is 18.4 Å². The van der Waals surface area contributed by atoms with Crippen LogP contribution in [0, 0.1) is 0 Å². The van der Waals surface area contributed by atoms with Gasteiger partial charge in [0.05, 0.1) is 12.2 Å². The van der Waals surface area contributed by atoms with Gasteiger partial charge in [-0.3, -0.25) is 9.59 Å². The van der Waals surface area contributed by atoms with E-state index in [2.05, 4.69) is 12.6 Å². The second-order valence-corrected chi connectivity index (χ2v) is 7.19. The summed E-state index contributed by atoms with van der Waals surface area (Å²) in [5.41, 5.74) is 0.589. The van der Waals surface area contributed by atoms with Crippen molar-refractivity contribution >= 4 is 24.4 Å². The third kappa shape index (κ3) is 5.44. The lowest BCUT2D eigenvalue weighted by Gasteiger charge is -2.23. The number of amides is 2. The SMILES string of the molecule is CCOc1ccccc1OCC(=O)N1CCCN(C(=O)c2ccccc2S)CC1. The zero-order valence-corrected chi connectivity index (χ0v) is 17.4. The van der Waals surface area contributed by atoms with E-state index >= 15 is 0 Å². The van der Waals surface area contributed by atoms with Crippen LogP contribution in [-0.4, -0.2) is 61.0 Å². The van der Waals surface area contributed by atoms with Crippen LogP contribution in [-0.2, 0) is 4.79 Å². The van der Waals surface area contributed by atoms with Crippen LogP contribution >= 0.6 is 12.6 Å². The average Bonchev–Trinajstić information content (AvgIpc) is 2.99. The first-order chi connectivity index (χ1) is 14.1. The Bertz CT molecular complexity index is 858. The quantitative estimate of drug-likeness (QED) is 0.738. The number of rotatable bonds is 6. The van der Waals surface area contributed by atoms with E-state index in [1.165, 1.54) is 0 Å². The van der Waals surface area contributed by atoms with Crippen molar-refractivity contribution in [1.82, 2.24) is 9.80 Å². The summed E-state index contributed by atoms with van der Waals surface area (Å²) in [6.07, 6.45) is 0.724. The number of ether oxygens (including phenoxy) is 2. The Kier molecular flexibility index (Phi) is 7.41. The van der Waals surface area contributed by atoms with Gasteiger partial charge >= 0.3 is 0 Å². The maximum absolute atomic E-state index is 12.8. The molecule has 0 aliphatic carbocycles. The molecule has 2 amide bonds. The smallest absolute Gasteiger partial charge is 0.260 e. The van der Waals surface area contributed by atoms with Gasteiger partial charge in [-0.05, 0) is 37.6 Å². The van der Waals surface area contributed by atoms with Crippen molar-refractivity contribution < 1.29 is 19.1 Å². The van der Waals surface area contributed by atoms with E-state index in [1.807, 2.05) is 37.3 Å². The zero-order valence-electron chi connectivity index (χ0n) is 16.5. The molecular weight excluding hydrogens is 388 g/mol. The largest absolute Gasteiger partial charge is 0.490 e. The molecule has 1 aliphatic heterocycles. The number of benzene rings is 2. The minimum absolute atomic E-state index is 0.0493. The molecule has 2 aromatic rings. The van der Waals surface area contributed by atoms with Crippen LogP contribution in [0.3, 0.4) is 0 Å². The van der Waals surface area contributed by atoms with Gasteiger partial charge in [-0.15, -0.1) is 12.6 Å². The van der Waals surface area contributed by atoms with E-state index in [9.17, 15) is 9.59 Å². The third-order valence-corrected chi connectivity index (χ3v) is 5.16. The standard InChI is InChI=1S/C22H26N2O4S/c1-2-27-18-9-4-5-10-19(18)28-16-21(25)23-12-7-13-24(15-14-23)22(26)17-8-3-6-11-20(17)29/h3-6,8-11,29H,2,7,12-16H2,1H3. The average molecular weight is 415 g/mol. The molecule has 7 heteroatoms. The van der Waals surface area contributed by atoms with Crippen molar-refractivity contribution in [2.45, 2.75) is 18.2 Å². The fourth-order valence-corrected chi connectivity index (χ4v) is 3.53. The molecule has 0 spiro atoms. The van der Waals surface area contributed by atoms with E-state index in [4.69, 9.17) is 9.47 Å². The summed E-state index contributed by atoms with van der Waals surface area (Å²) < 4.78 is 11.2. The molecule has 0 atom stereocenters. The zero-order chi connectivity index (χ0) is 20.6. The van der Waals surface area contributed by atoms with Crippen molar-refractivity contribution in [2.24, 2.45) is 0 Å². The molecule has 3 rings (SSSR count). The van der Waals surface area contributed by atoms with E-state index in [1.54, 1.807) is 28.0 Å². The van der Waals surface area contributed by atoms with Gasteiger partial charge in [-0.2, -0.15) is 0 Å². The molecule has 6 nitrogen and oxygen atoms in total. The highest BCUT2D eigenvalue weighted by Crippen LogP contribution is 2.26. The van der Waals surface area contributed by atoms with E-state index < -0.39 is 0 Å². The summed E-state index contributed by atoms with van der Waals surface area (Å²) in [4.78, 5) is 29.6. The van der Waals surface area contributed by atoms with Crippen LogP contribution in [0.4, 0.5) is 0 Å². The van der Waals surface area contributed by atoms with E-state index in [0.29, 0.717) is 54.7 Å². The third-order valence-electron chi connectivity index (χ3n) is 4.77.